The molecule has 80 valence electrons. The second-order valence-electron chi connectivity index (χ2n) is 4.02. The van der Waals surface area contributed by atoms with Gasteiger partial charge in [0.2, 0.25) is 5.91 Å². The zero-order chi connectivity index (χ0) is 10.6. The highest BCUT2D eigenvalue weighted by atomic mass is 16.1. The second kappa shape index (κ2) is 5.15. The minimum absolute atomic E-state index is 0.0752. The van der Waals surface area contributed by atoms with Gasteiger partial charge in [0, 0.05) is 11.6 Å². The fourth-order valence-corrected chi connectivity index (χ4v) is 1.64. The van der Waals surface area contributed by atoms with E-state index in [0.717, 1.165) is 25.1 Å². The molecule has 3 heteroatoms. The molecule has 14 heavy (non-hydrogen) atoms. The summed E-state index contributed by atoms with van der Waals surface area (Å²) in [5.41, 5.74) is 0.802. The number of amides is 1. The Morgan fingerprint density at radius 2 is 2.29 bits per heavy atom. The topological polar surface area (TPSA) is 41.1 Å². The number of carbonyl (C=O) groups is 1. The molecule has 1 fully saturated rings. The molecule has 1 rings (SSSR count). The number of piperidine rings is 1. The van der Waals surface area contributed by atoms with Gasteiger partial charge in [0.1, 0.15) is 0 Å². The average Bonchev–Trinajstić information content (AvgIpc) is 2.20. The molecule has 0 spiro atoms. The van der Waals surface area contributed by atoms with Crippen LogP contribution in [0.25, 0.3) is 0 Å². The van der Waals surface area contributed by atoms with Crippen molar-refractivity contribution >= 4 is 5.91 Å². The molecule has 2 N–H and O–H groups in total. The van der Waals surface area contributed by atoms with Gasteiger partial charge in [-0.2, -0.15) is 0 Å². The summed E-state index contributed by atoms with van der Waals surface area (Å²) in [5, 5.41) is 6.39. The smallest absolute Gasteiger partial charge is 0.246 e. The largest absolute Gasteiger partial charge is 0.349 e. The summed E-state index contributed by atoms with van der Waals surface area (Å²) in [5.74, 6) is 0.601. The first-order chi connectivity index (χ1) is 6.65. The highest BCUT2D eigenvalue weighted by Gasteiger charge is 2.22. The highest BCUT2D eigenvalue weighted by molar-refractivity contribution is 5.92. The summed E-state index contributed by atoms with van der Waals surface area (Å²) >= 11 is 0. The van der Waals surface area contributed by atoms with Crippen LogP contribution in [-0.4, -0.2) is 25.0 Å². The third kappa shape index (κ3) is 2.84. The summed E-state index contributed by atoms with van der Waals surface area (Å²) in [7, 11) is 0. The highest BCUT2D eigenvalue weighted by Crippen LogP contribution is 2.10. The van der Waals surface area contributed by atoms with Gasteiger partial charge in [-0.1, -0.05) is 13.0 Å². The summed E-state index contributed by atoms with van der Waals surface area (Å²) in [6.45, 7) is 7.91. The quantitative estimate of drug-likeness (QED) is 0.649. The Morgan fingerprint density at radius 1 is 1.57 bits per heavy atom. The van der Waals surface area contributed by atoms with E-state index in [1.54, 1.807) is 0 Å². The van der Waals surface area contributed by atoms with Gasteiger partial charge in [0.15, 0.2) is 0 Å². The fraction of sp³-hybridized carbons (Fsp3) is 0.727. The van der Waals surface area contributed by atoms with Crippen LogP contribution < -0.4 is 10.6 Å². The van der Waals surface area contributed by atoms with Crippen LogP contribution in [0.4, 0.5) is 0 Å². The van der Waals surface area contributed by atoms with Gasteiger partial charge in [-0.25, -0.2) is 0 Å². The summed E-state index contributed by atoms with van der Waals surface area (Å²) in [4.78, 5) is 11.6. The molecule has 0 radical (unpaired) electrons. The third-order valence-electron chi connectivity index (χ3n) is 2.89. The van der Waals surface area contributed by atoms with E-state index in [2.05, 4.69) is 17.6 Å². The summed E-state index contributed by atoms with van der Waals surface area (Å²) in [6.07, 6.45) is 2.88. The van der Waals surface area contributed by atoms with Crippen LogP contribution in [0.15, 0.2) is 11.6 Å². The van der Waals surface area contributed by atoms with E-state index in [1.165, 1.54) is 0 Å². The zero-order valence-corrected chi connectivity index (χ0v) is 9.26. The SMILES string of the molecule is C/C=C(/C)C(=O)NC1CCNCC1C. The van der Waals surface area contributed by atoms with Crippen molar-refractivity contribution < 1.29 is 4.79 Å². The van der Waals surface area contributed by atoms with Crippen molar-refractivity contribution in [1.29, 1.82) is 0 Å². The standard InChI is InChI=1S/C11H20N2O/c1-4-8(2)11(14)13-10-5-6-12-7-9(10)3/h4,9-10,12H,5-7H2,1-3H3,(H,13,14)/b8-4-. The number of hydrogen-bond donors (Lipinski definition) is 2. The average molecular weight is 196 g/mol. The zero-order valence-electron chi connectivity index (χ0n) is 9.26. The van der Waals surface area contributed by atoms with E-state index >= 15 is 0 Å². The monoisotopic (exact) mass is 196 g/mol. The third-order valence-corrected chi connectivity index (χ3v) is 2.89. The number of nitrogens with one attached hydrogen (secondary N) is 2. The molecule has 0 aliphatic carbocycles. The minimum atomic E-state index is 0.0752. The maximum Gasteiger partial charge on any atom is 0.246 e. The molecule has 1 heterocycles. The van der Waals surface area contributed by atoms with Crippen molar-refractivity contribution in [3.63, 3.8) is 0 Å². The molecule has 0 aromatic rings. The van der Waals surface area contributed by atoms with Crippen LogP contribution in [0, 0.1) is 5.92 Å². The molecule has 2 atom stereocenters. The van der Waals surface area contributed by atoms with Crippen LogP contribution in [0.3, 0.4) is 0 Å². The molecular weight excluding hydrogens is 176 g/mol. The Kier molecular flexibility index (Phi) is 4.14. The van der Waals surface area contributed by atoms with Gasteiger partial charge in [-0.15, -0.1) is 0 Å². The first-order valence-corrected chi connectivity index (χ1v) is 5.29. The molecule has 1 saturated heterocycles. The number of carbonyl (C=O) groups excluding carboxylic acids is 1. The number of hydrogen-bond acceptors (Lipinski definition) is 2. The number of rotatable bonds is 2. The van der Waals surface area contributed by atoms with Gasteiger partial charge in [0.25, 0.3) is 0 Å². The summed E-state index contributed by atoms with van der Waals surface area (Å²) in [6, 6.07) is 0.332. The van der Waals surface area contributed by atoms with Crippen LogP contribution in [0.2, 0.25) is 0 Å². The van der Waals surface area contributed by atoms with E-state index < -0.39 is 0 Å². The number of allylic oxidation sites excluding steroid dienone is 1. The molecule has 0 aromatic carbocycles. The molecule has 3 nitrogen and oxygen atoms in total. The van der Waals surface area contributed by atoms with Crippen molar-refractivity contribution in [2.75, 3.05) is 13.1 Å². The Balaban J connectivity index is 2.46. The van der Waals surface area contributed by atoms with Gasteiger partial charge >= 0.3 is 0 Å². The first kappa shape index (κ1) is 11.2. The van der Waals surface area contributed by atoms with Gasteiger partial charge < -0.3 is 10.6 Å². The lowest BCUT2D eigenvalue weighted by Gasteiger charge is -2.30. The Labute approximate surface area is 86.0 Å². The van der Waals surface area contributed by atoms with E-state index in [4.69, 9.17) is 0 Å². The van der Waals surface area contributed by atoms with E-state index in [0.29, 0.717) is 12.0 Å². The molecule has 0 aromatic heterocycles. The maximum absolute atomic E-state index is 11.6. The van der Waals surface area contributed by atoms with Gasteiger partial charge in [-0.3, -0.25) is 4.79 Å². The van der Waals surface area contributed by atoms with Crippen LogP contribution in [0.1, 0.15) is 27.2 Å². The van der Waals surface area contributed by atoms with Gasteiger partial charge in [0.05, 0.1) is 0 Å². The Hall–Kier alpha value is -0.830. The van der Waals surface area contributed by atoms with E-state index in [1.807, 2.05) is 19.9 Å². The molecule has 1 amide bonds. The predicted octanol–water partition coefficient (Wildman–Crippen LogP) is 1.07. The second-order valence-corrected chi connectivity index (χ2v) is 4.02. The molecule has 0 saturated carbocycles. The predicted molar refractivity (Wildman–Crippen MR) is 58.0 cm³/mol. The summed E-state index contributed by atoms with van der Waals surface area (Å²) < 4.78 is 0. The Bertz CT molecular complexity index is 235. The van der Waals surface area contributed by atoms with Crippen molar-refractivity contribution in [3.05, 3.63) is 11.6 Å². The minimum Gasteiger partial charge on any atom is -0.349 e. The van der Waals surface area contributed by atoms with Crippen molar-refractivity contribution in [1.82, 2.24) is 10.6 Å². The first-order valence-electron chi connectivity index (χ1n) is 5.29. The van der Waals surface area contributed by atoms with Crippen molar-refractivity contribution in [3.8, 4) is 0 Å². The van der Waals surface area contributed by atoms with E-state index in [-0.39, 0.29) is 5.91 Å². The normalized spacial score (nSPS) is 28.6. The molecule has 2 unspecified atom stereocenters. The molecule has 1 aliphatic rings. The van der Waals surface area contributed by atoms with E-state index in [9.17, 15) is 4.79 Å². The van der Waals surface area contributed by atoms with Crippen molar-refractivity contribution in [2.24, 2.45) is 5.92 Å². The van der Waals surface area contributed by atoms with Crippen molar-refractivity contribution in [2.45, 2.75) is 33.2 Å². The lowest BCUT2D eigenvalue weighted by Crippen LogP contribution is -2.48. The lowest BCUT2D eigenvalue weighted by molar-refractivity contribution is -0.118. The Morgan fingerprint density at radius 3 is 2.86 bits per heavy atom. The van der Waals surface area contributed by atoms with Gasteiger partial charge in [-0.05, 0) is 39.3 Å². The molecule has 0 bridgehead atoms. The molecular formula is C11H20N2O. The van der Waals surface area contributed by atoms with Crippen LogP contribution in [0.5, 0.6) is 0 Å². The maximum atomic E-state index is 11.6. The molecule has 1 aliphatic heterocycles. The van der Waals surface area contributed by atoms with Crippen LogP contribution >= 0.6 is 0 Å². The fourth-order valence-electron chi connectivity index (χ4n) is 1.64. The van der Waals surface area contributed by atoms with Crippen LogP contribution in [-0.2, 0) is 4.79 Å². The lowest BCUT2D eigenvalue weighted by atomic mass is 9.95.